The van der Waals surface area contributed by atoms with E-state index in [1.807, 2.05) is 6.92 Å². The number of amides is 2. The molecular weight excluding hydrogens is 264 g/mol. The van der Waals surface area contributed by atoms with Crippen molar-refractivity contribution in [3.05, 3.63) is 23.8 Å². The van der Waals surface area contributed by atoms with Gasteiger partial charge in [-0.05, 0) is 19.1 Å². The van der Waals surface area contributed by atoms with E-state index >= 15 is 0 Å². The van der Waals surface area contributed by atoms with Crippen molar-refractivity contribution in [1.29, 1.82) is 0 Å². The number of hydrogen-bond acceptors (Lipinski definition) is 4. The van der Waals surface area contributed by atoms with Crippen molar-refractivity contribution in [3.63, 3.8) is 0 Å². The molecule has 0 saturated carbocycles. The molecule has 0 aromatic heterocycles. The molecule has 0 radical (unpaired) electrons. The molecule has 20 heavy (non-hydrogen) atoms. The molecule has 0 spiro atoms. The van der Waals surface area contributed by atoms with Crippen molar-refractivity contribution >= 4 is 17.7 Å². The Morgan fingerprint density at radius 2 is 2.10 bits per heavy atom. The van der Waals surface area contributed by atoms with Gasteiger partial charge >= 0.3 is 12.0 Å². The van der Waals surface area contributed by atoms with Crippen LogP contribution in [0, 0.1) is 0 Å². The van der Waals surface area contributed by atoms with E-state index in [4.69, 9.17) is 9.84 Å². The van der Waals surface area contributed by atoms with Crippen LogP contribution in [0.4, 0.5) is 10.5 Å². The van der Waals surface area contributed by atoms with Gasteiger partial charge in [0.2, 0.25) is 0 Å². The maximum atomic E-state index is 11.8. The Balaban J connectivity index is 2.71. The molecule has 3 N–H and O–H groups in total. The summed E-state index contributed by atoms with van der Waals surface area (Å²) in [5.41, 5.74) is -0.210. The molecule has 1 aromatic carbocycles. The number of urea groups is 1. The van der Waals surface area contributed by atoms with Gasteiger partial charge in [-0.2, -0.15) is 0 Å². The minimum Gasteiger partial charge on any atom is -0.505 e. The average molecular weight is 282 g/mol. The predicted molar refractivity (Wildman–Crippen MR) is 73.2 cm³/mol. The van der Waals surface area contributed by atoms with E-state index in [-0.39, 0.29) is 11.3 Å². The molecule has 1 rings (SSSR count). The lowest BCUT2D eigenvalue weighted by molar-refractivity contribution is 0.0693. The second-order valence-electron chi connectivity index (χ2n) is 4.06. The molecule has 0 bridgehead atoms. The van der Waals surface area contributed by atoms with Gasteiger partial charge in [0.25, 0.3) is 0 Å². The molecule has 7 nitrogen and oxygen atoms in total. The number of carboxylic acid groups (broad SMARTS) is 1. The summed E-state index contributed by atoms with van der Waals surface area (Å²) < 4.78 is 5.13. The number of rotatable bonds is 6. The summed E-state index contributed by atoms with van der Waals surface area (Å²) in [6.45, 7) is 3.22. The number of aromatic carboxylic acids is 1. The average Bonchev–Trinajstić information content (AvgIpc) is 2.40. The fourth-order valence-electron chi connectivity index (χ4n) is 1.47. The summed E-state index contributed by atoms with van der Waals surface area (Å²) in [5.74, 6) is -1.73. The van der Waals surface area contributed by atoms with E-state index in [1.54, 1.807) is 7.05 Å². The van der Waals surface area contributed by atoms with Crippen LogP contribution in [0.15, 0.2) is 18.2 Å². The molecule has 1 aromatic rings. The van der Waals surface area contributed by atoms with Crippen LogP contribution >= 0.6 is 0 Å². The van der Waals surface area contributed by atoms with Crippen molar-refractivity contribution in [2.75, 3.05) is 32.1 Å². The number of carbonyl (C=O) groups excluding carboxylic acids is 1. The van der Waals surface area contributed by atoms with Crippen molar-refractivity contribution in [3.8, 4) is 5.75 Å². The van der Waals surface area contributed by atoms with E-state index in [0.29, 0.717) is 19.8 Å². The first-order valence-electron chi connectivity index (χ1n) is 6.12. The van der Waals surface area contributed by atoms with Gasteiger partial charge in [-0.15, -0.1) is 0 Å². The smallest absolute Gasteiger partial charge is 0.339 e. The van der Waals surface area contributed by atoms with Gasteiger partial charge in [-0.3, -0.25) is 0 Å². The summed E-state index contributed by atoms with van der Waals surface area (Å²) >= 11 is 0. The normalized spacial score (nSPS) is 10.1. The second-order valence-corrected chi connectivity index (χ2v) is 4.06. The first kappa shape index (κ1) is 15.8. The highest BCUT2D eigenvalue weighted by Crippen LogP contribution is 2.27. The van der Waals surface area contributed by atoms with Gasteiger partial charge in [-0.1, -0.05) is 6.07 Å². The molecule has 0 aliphatic rings. The number of para-hydroxylation sites is 1. The number of ether oxygens (including phenoxy) is 1. The zero-order valence-corrected chi connectivity index (χ0v) is 11.4. The molecule has 110 valence electrons. The zero-order chi connectivity index (χ0) is 15.1. The van der Waals surface area contributed by atoms with E-state index < -0.39 is 17.7 Å². The number of benzene rings is 1. The summed E-state index contributed by atoms with van der Waals surface area (Å²) in [5, 5.41) is 21.1. The third-order valence-corrected chi connectivity index (χ3v) is 2.63. The summed E-state index contributed by atoms with van der Waals surface area (Å²) in [7, 11) is 1.58. The van der Waals surface area contributed by atoms with Gasteiger partial charge in [0.1, 0.15) is 5.56 Å². The Morgan fingerprint density at radius 3 is 2.70 bits per heavy atom. The highest BCUT2D eigenvalue weighted by molar-refractivity contribution is 5.97. The Bertz CT molecular complexity index is 490. The standard InChI is InChI=1S/C13H18N2O5/c1-3-20-8-7-15(2)13(19)14-10-6-4-5-9(11(10)16)12(17)18/h4-6,16H,3,7-8H2,1-2H3,(H,14,19)(H,17,18). The van der Waals surface area contributed by atoms with E-state index in [2.05, 4.69) is 5.32 Å². The van der Waals surface area contributed by atoms with Crippen LogP contribution in [-0.4, -0.2) is 53.9 Å². The first-order valence-corrected chi connectivity index (χ1v) is 6.12. The molecule has 0 fully saturated rings. The maximum Gasteiger partial charge on any atom is 0.339 e. The lowest BCUT2D eigenvalue weighted by Crippen LogP contribution is -2.34. The fourth-order valence-corrected chi connectivity index (χ4v) is 1.47. The third kappa shape index (κ3) is 4.13. The number of carboxylic acids is 1. The van der Waals surface area contributed by atoms with Gasteiger partial charge in [0.15, 0.2) is 5.75 Å². The SMILES string of the molecule is CCOCCN(C)C(=O)Nc1cccc(C(=O)O)c1O. The molecule has 0 heterocycles. The number of aromatic hydroxyl groups is 1. The molecule has 0 aliphatic carbocycles. The first-order chi connectivity index (χ1) is 9.47. The van der Waals surface area contributed by atoms with Crippen molar-refractivity contribution in [2.24, 2.45) is 0 Å². The van der Waals surface area contributed by atoms with Crippen molar-refractivity contribution in [2.45, 2.75) is 6.92 Å². The number of hydrogen-bond donors (Lipinski definition) is 3. The Labute approximate surface area is 116 Å². The zero-order valence-electron chi connectivity index (χ0n) is 11.4. The minimum absolute atomic E-state index is 0.0539. The van der Waals surface area contributed by atoms with Crippen LogP contribution in [0.3, 0.4) is 0 Å². The quantitative estimate of drug-likeness (QED) is 0.543. The maximum absolute atomic E-state index is 11.8. The molecule has 7 heteroatoms. The van der Waals surface area contributed by atoms with Crippen molar-refractivity contribution in [1.82, 2.24) is 4.90 Å². The van der Waals surface area contributed by atoms with Crippen LogP contribution < -0.4 is 5.32 Å². The van der Waals surface area contributed by atoms with Crippen LogP contribution in [0.5, 0.6) is 5.75 Å². The largest absolute Gasteiger partial charge is 0.505 e. The number of anilines is 1. The number of phenols is 1. The van der Waals surface area contributed by atoms with E-state index in [0.717, 1.165) is 0 Å². The van der Waals surface area contributed by atoms with Gasteiger partial charge in [0.05, 0.1) is 12.3 Å². The summed E-state index contributed by atoms with van der Waals surface area (Å²) in [4.78, 5) is 24.1. The van der Waals surface area contributed by atoms with Gasteiger partial charge in [-0.25, -0.2) is 9.59 Å². The van der Waals surface area contributed by atoms with E-state index in [1.165, 1.54) is 23.1 Å². The summed E-state index contributed by atoms with van der Waals surface area (Å²) in [6.07, 6.45) is 0. The Hall–Kier alpha value is -2.28. The van der Waals surface area contributed by atoms with Crippen LogP contribution in [0.25, 0.3) is 0 Å². The molecule has 0 saturated heterocycles. The number of carbonyl (C=O) groups is 2. The lowest BCUT2D eigenvalue weighted by Gasteiger charge is -2.18. The van der Waals surface area contributed by atoms with Crippen LogP contribution in [0.2, 0.25) is 0 Å². The molecule has 0 unspecified atom stereocenters. The highest BCUT2D eigenvalue weighted by Gasteiger charge is 2.16. The monoisotopic (exact) mass is 282 g/mol. The Kier molecular flexibility index (Phi) is 5.79. The van der Waals surface area contributed by atoms with Gasteiger partial charge in [0, 0.05) is 20.2 Å². The number of nitrogens with one attached hydrogen (secondary N) is 1. The number of likely N-dealkylation sites (N-methyl/N-ethyl adjacent to an activating group) is 1. The number of nitrogens with zero attached hydrogens (tertiary/aromatic N) is 1. The topological polar surface area (TPSA) is 99.1 Å². The van der Waals surface area contributed by atoms with E-state index in [9.17, 15) is 14.7 Å². The van der Waals surface area contributed by atoms with Crippen molar-refractivity contribution < 1.29 is 24.5 Å². The Morgan fingerprint density at radius 1 is 1.40 bits per heavy atom. The lowest BCUT2D eigenvalue weighted by atomic mass is 10.1. The molecular formula is C13H18N2O5. The van der Waals surface area contributed by atoms with Gasteiger partial charge < -0.3 is 25.2 Å². The fraction of sp³-hybridized carbons (Fsp3) is 0.385. The molecule has 0 aliphatic heterocycles. The molecule has 2 amide bonds. The molecule has 0 atom stereocenters. The predicted octanol–water partition coefficient (Wildman–Crippen LogP) is 1.59. The van der Waals surface area contributed by atoms with Crippen LogP contribution in [-0.2, 0) is 4.74 Å². The van der Waals surface area contributed by atoms with Crippen LogP contribution in [0.1, 0.15) is 17.3 Å². The second kappa shape index (κ2) is 7.34. The minimum atomic E-state index is -1.26. The third-order valence-electron chi connectivity index (χ3n) is 2.63. The summed E-state index contributed by atoms with van der Waals surface area (Å²) in [6, 6.07) is 3.67. The highest BCUT2D eigenvalue weighted by atomic mass is 16.5.